The fourth-order valence-electron chi connectivity index (χ4n) is 1.45. The molecule has 1 aromatic heterocycles. The zero-order valence-corrected chi connectivity index (χ0v) is 10.2. The first kappa shape index (κ1) is 12.3. The number of ether oxygens (including phenoxy) is 1. The van der Waals surface area contributed by atoms with Gasteiger partial charge >= 0.3 is 5.69 Å². The van der Waals surface area contributed by atoms with Crippen molar-refractivity contribution in [3.8, 4) is 11.4 Å². The number of nitro benzene ring substituents is 1. The number of nitrogens with zero attached hydrogens (tertiary/aromatic N) is 4. The molecule has 0 bridgehead atoms. The SMILES string of the molecule is COc1cc(-n2cc(CCl)nn2)ccc1[N+](=O)[O-]. The maximum absolute atomic E-state index is 10.8. The van der Waals surface area contributed by atoms with Gasteiger partial charge in [-0.05, 0) is 6.07 Å². The summed E-state index contributed by atoms with van der Waals surface area (Å²) in [7, 11) is 1.37. The van der Waals surface area contributed by atoms with Crippen molar-refractivity contribution in [3.05, 3.63) is 40.2 Å². The molecule has 0 N–H and O–H groups in total. The summed E-state index contributed by atoms with van der Waals surface area (Å²) in [6, 6.07) is 4.44. The first-order valence-electron chi connectivity index (χ1n) is 4.95. The van der Waals surface area contributed by atoms with Crippen LogP contribution in [0.25, 0.3) is 5.69 Å². The average molecular weight is 269 g/mol. The van der Waals surface area contributed by atoms with Gasteiger partial charge in [0.25, 0.3) is 0 Å². The number of halogens is 1. The minimum absolute atomic E-state index is 0.0982. The summed E-state index contributed by atoms with van der Waals surface area (Å²) in [4.78, 5) is 10.2. The molecule has 94 valence electrons. The molecule has 18 heavy (non-hydrogen) atoms. The highest BCUT2D eigenvalue weighted by Gasteiger charge is 2.15. The number of alkyl halides is 1. The Kier molecular flexibility index (Phi) is 3.42. The number of aromatic nitrogens is 3. The molecular weight excluding hydrogens is 260 g/mol. The van der Waals surface area contributed by atoms with Gasteiger partial charge in [-0.1, -0.05) is 5.21 Å². The molecule has 8 heteroatoms. The van der Waals surface area contributed by atoms with Gasteiger partial charge in [0.2, 0.25) is 0 Å². The third kappa shape index (κ3) is 2.25. The molecule has 0 spiro atoms. The predicted octanol–water partition coefficient (Wildman–Crippen LogP) is 1.92. The molecular formula is C10H9ClN4O3. The molecule has 1 heterocycles. The maximum atomic E-state index is 10.8. The average Bonchev–Trinajstić information content (AvgIpc) is 2.86. The van der Waals surface area contributed by atoms with Gasteiger partial charge in [-0.25, -0.2) is 4.68 Å². The van der Waals surface area contributed by atoms with E-state index in [1.807, 2.05) is 0 Å². The molecule has 0 atom stereocenters. The zero-order chi connectivity index (χ0) is 13.1. The van der Waals surface area contributed by atoms with Gasteiger partial charge in [-0.2, -0.15) is 0 Å². The van der Waals surface area contributed by atoms with E-state index < -0.39 is 4.92 Å². The topological polar surface area (TPSA) is 83.1 Å². The number of nitro groups is 1. The van der Waals surface area contributed by atoms with Crippen LogP contribution in [0, 0.1) is 10.1 Å². The van der Waals surface area contributed by atoms with E-state index in [0.717, 1.165) is 0 Å². The Hall–Kier alpha value is -2.15. The Morgan fingerprint density at radius 3 is 2.89 bits per heavy atom. The molecule has 0 unspecified atom stereocenters. The number of methoxy groups -OCH3 is 1. The van der Waals surface area contributed by atoms with E-state index in [1.165, 1.54) is 23.9 Å². The zero-order valence-electron chi connectivity index (χ0n) is 9.41. The van der Waals surface area contributed by atoms with E-state index in [2.05, 4.69) is 10.3 Å². The van der Waals surface area contributed by atoms with Crippen molar-refractivity contribution in [2.24, 2.45) is 0 Å². The van der Waals surface area contributed by atoms with Crippen molar-refractivity contribution < 1.29 is 9.66 Å². The van der Waals surface area contributed by atoms with Crippen LogP contribution in [-0.2, 0) is 5.88 Å². The lowest BCUT2D eigenvalue weighted by atomic mass is 10.2. The summed E-state index contributed by atoms with van der Waals surface area (Å²) in [5.41, 5.74) is 1.13. The van der Waals surface area contributed by atoms with Crippen LogP contribution in [-0.4, -0.2) is 27.0 Å². The molecule has 7 nitrogen and oxygen atoms in total. The lowest BCUT2D eigenvalue weighted by Crippen LogP contribution is -1.98. The minimum atomic E-state index is -0.506. The van der Waals surface area contributed by atoms with Gasteiger partial charge in [0.05, 0.1) is 35.5 Å². The van der Waals surface area contributed by atoms with Crippen LogP contribution in [0.1, 0.15) is 5.69 Å². The molecule has 0 aliphatic rings. The highest BCUT2D eigenvalue weighted by molar-refractivity contribution is 6.16. The Balaban J connectivity index is 2.43. The van der Waals surface area contributed by atoms with Crippen molar-refractivity contribution in [1.29, 1.82) is 0 Å². The normalized spacial score (nSPS) is 10.3. The van der Waals surface area contributed by atoms with E-state index >= 15 is 0 Å². The Bertz CT molecular complexity index is 584. The lowest BCUT2D eigenvalue weighted by Gasteiger charge is -2.04. The minimum Gasteiger partial charge on any atom is -0.490 e. The highest BCUT2D eigenvalue weighted by Crippen LogP contribution is 2.28. The van der Waals surface area contributed by atoms with E-state index in [4.69, 9.17) is 16.3 Å². The smallest absolute Gasteiger partial charge is 0.311 e. The van der Waals surface area contributed by atoms with Crippen LogP contribution in [0.2, 0.25) is 0 Å². The first-order valence-corrected chi connectivity index (χ1v) is 5.49. The number of benzene rings is 1. The fourth-order valence-corrected chi connectivity index (χ4v) is 1.57. The summed E-state index contributed by atoms with van der Waals surface area (Å²) >= 11 is 5.62. The van der Waals surface area contributed by atoms with E-state index in [9.17, 15) is 10.1 Å². The summed E-state index contributed by atoms with van der Waals surface area (Å²) in [6.07, 6.45) is 1.65. The first-order chi connectivity index (χ1) is 8.65. The van der Waals surface area contributed by atoms with Crippen LogP contribution >= 0.6 is 11.6 Å². The van der Waals surface area contributed by atoms with Crippen molar-refractivity contribution in [2.75, 3.05) is 7.11 Å². The Morgan fingerprint density at radius 2 is 2.33 bits per heavy atom. The second-order valence-corrected chi connectivity index (χ2v) is 3.67. The van der Waals surface area contributed by atoms with E-state index in [0.29, 0.717) is 11.4 Å². The van der Waals surface area contributed by atoms with Gasteiger partial charge in [0.15, 0.2) is 5.75 Å². The largest absolute Gasteiger partial charge is 0.490 e. The van der Waals surface area contributed by atoms with Crippen LogP contribution in [0.4, 0.5) is 5.69 Å². The van der Waals surface area contributed by atoms with Gasteiger partial charge in [-0.3, -0.25) is 10.1 Å². The molecule has 0 aliphatic heterocycles. The lowest BCUT2D eigenvalue weighted by molar-refractivity contribution is -0.385. The Morgan fingerprint density at radius 1 is 1.56 bits per heavy atom. The molecule has 0 saturated carbocycles. The predicted molar refractivity (Wildman–Crippen MR) is 64.1 cm³/mol. The second kappa shape index (κ2) is 5.01. The van der Waals surface area contributed by atoms with Crippen molar-refractivity contribution >= 4 is 17.3 Å². The molecule has 2 aromatic rings. The number of hydrogen-bond acceptors (Lipinski definition) is 5. The van der Waals surface area contributed by atoms with Gasteiger partial charge in [0.1, 0.15) is 0 Å². The van der Waals surface area contributed by atoms with E-state index in [1.54, 1.807) is 12.3 Å². The third-order valence-electron chi connectivity index (χ3n) is 2.30. The van der Waals surface area contributed by atoms with Crippen LogP contribution in [0.15, 0.2) is 24.4 Å². The molecule has 0 aliphatic carbocycles. The second-order valence-electron chi connectivity index (χ2n) is 3.40. The van der Waals surface area contributed by atoms with Crippen molar-refractivity contribution in [1.82, 2.24) is 15.0 Å². The van der Waals surface area contributed by atoms with Gasteiger partial charge in [-0.15, -0.1) is 16.7 Å². The molecule has 0 saturated heterocycles. The monoisotopic (exact) mass is 268 g/mol. The van der Waals surface area contributed by atoms with Gasteiger partial charge < -0.3 is 4.74 Å². The third-order valence-corrected chi connectivity index (χ3v) is 2.58. The van der Waals surface area contributed by atoms with Crippen molar-refractivity contribution in [2.45, 2.75) is 5.88 Å². The van der Waals surface area contributed by atoms with Crippen LogP contribution in [0.5, 0.6) is 5.75 Å². The summed E-state index contributed by atoms with van der Waals surface area (Å²) in [5, 5.41) is 18.4. The Labute approximate surface area is 107 Å². The number of rotatable bonds is 4. The maximum Gasteiger partial charge on any atom is 0.311 e. The molecule has 2 rings (SSSR count). The van der Waals surface area contributed by atoms with E-state index in [-0.39, 0.29) is 17.3 Å². The fraction of sp³-hybridized carbons (Fsp3) is 0.200. The van der Waals surface area contributed by atoms with Gasteiger partial charge in [0, 0.05) is 12.1 Å². The molecule has 1 aromatic carbocycles. The molecule has 0 amide bonds. The standard InChI is InChI=1S/C10H9ClN4O3/c1-18-10-4-8(2-3-9(10)15(16)17)14-6-7(5-11)12-13-14/h2-4,6H,5H2,1H3. The van der Waals surface area contributed by atoms with Crippen LogP contribution in [0.3, 0.4) is 0 Å². The molecule has 0 radical (unpaired) electrons. The quantitative estimate of drug-likeness (QED) is 0.480. The summed E-state index contributed by atoms with van der Waals surface area (Å²) in [5.74, 6) is 0.421. The summed E-state index contributed by atoms with van der Waals surface area (Å²) < 4.78 is 6.45. The number of hydrogen-bond donors (Lipinski definition) is 0. The summed E-state index contributed by atoms with van der Waals surface area (Å²) in [6.45, 7) is 0. The van der Waals surface area contributed by atoms with Crippen molar-refractivity contribution in [3.63, 3.8) is 0 Å². The highest BCUT2D eigenvalue weighted by atomic mass is 35.5. The van der Waals surface area contributed by atoms with Crippen LogP contribution < -0.4 is 4.74 Å². The molecule has 0 fully saturated rings.